The number of anilines is 3. The Morgan fingerprint density at radius 1 is 0.351 bits per heavy atom. The van der Waals surface area contributed by atoms with Crippen LogP contribution in [-0.2, 0) is 10.8 Å². The van der Waals surface area contributed by atoms with E-state index in [1.165, 1.54) is 115 Å². The molecule has 0 aromatic heterocycles. The zero-order chi connectivity index (χ0) is 37.0. The molecule has 6 aromatic rings. The van der Waals surface area contributed by atoms with Crippen molar-refractivity contribution in [1.82, 2.24) is 0 Å². The molecule has 0 N–H and O–H groups in total. The lowest BCUT2D eigenvalue weighted by Crippen LogP contribution is -2.55. The summed E-state index contributed by atoms with van der Waals surface area (Å²) in [5.74, 6) is 6.62. The third-order valence-electron chi connectivity index (χ3n) is 17.8. The summed E-state index contributed by atoms with van der Waals surface area (Å²) in [6.07, 6.45) is 14.2. The zero-order valence-electron chi connectivity index (χ0n) is 32.9. The smallest absolute Gasteiger partial charge is 0.0509 e. The lowest BCUT2D eigenvalue weighted by Gasteiger charge is -2.61. The minimum Gasteiger partial charge on any atom is -0.310 e. The predicted molar refractivity (Wildman–Crippen MR) is 233 cm³/mol. The first-order valence-corrected chi connectivity index (χ1v) is 22.6. The molecule has 10 aliphatic rings. The third-order valence-corrected chi connectivity index (χ3v) is 17.8. The van der Waals surface area contributed by atoms with Crippen LogP contribution in [0.4, 0.5) is 17.1 Å². The van der Waals surface area contributed by atoms with Gasteiger partial charge >= 0.3 is 0 Å². The molecule has 0 radical (unpaired) electrons. The van der Waals surface area contributed by atoms with Crippen LogP contribution in [0, 0.1) is 47.3 Å². The van der Waals surface area contributed by atoms with Gasteiger partial charge in [0.15, 0.2) is 0 Å². The van der Waals surface area contributed by atoms with Crippen molar-refractivity contribution >= 4 is 17.1 Å². The van der Waals surface area contributed by atoms with Gasteiger partial charge in [-0.3, -0.25) is 0 Å². The Morgan fingerprint density at radius 3 is 1.46 bits per heavy atom. The minimum absolute atomic E-state index is 0.0772. The Bertz CT molecular complexity index is 2560. The Balaban J connectivity index is 1.01. The number of nitrogens with zero attached hydrogens (tertiary/aromatic N) is 1. The highest BCUT2D eigenvalue weighted by atomic mass is 15.1. The predicted octanol–water partition coefficient (Wildman–Crippen LogP) is 14.3. The van der Waals surface area contributed by atoms with Crippen LogP contribution in [-0.4, -0.2) is 0 Å². The summed E-state index contributed by atoms with van der Waals surface area (Å²) in [6.45, 7) is 0. The summed E-state index contributed by atoms with van der Waals surface area (Å²) in [4.78, 5) is 2.74. The fourth-order valence-corrected chi connectivity index (χ4v) is 16.5. The van der Waals surface area contributed by atoms with Gasteiger partial charge in [-0.25, -0.2) is 0 Å². The van der Waals surface area contributed by atoms with Crippen molar-refractivity contribution in [3.05, 3.63) is 162 Å². The molecule has 0 heterocycles. The lowest BCUT2D eigenvalue weighted by molar-refractivity contribution is -0.0399. The summed E-state index contributed by atoms with van der Waals surface area (Å²) in [6, 6.07) is 54.9. The SMILES string of the molecule is c1ccc(-c2ccc(N(c3ccc4c(c3)C3(c5ccccc5-4)C4CC5CC(C4)CC3C5)c3cccc4c3C3(c5ccccc5-4)C4CC5CC(C4)CC3C5)cc2)cc1. The van der Waals surface area contributed by atoms with Gasteiger partial charge in [0.2, 0.25) is 0 Å². The van der Waals surface area contributed by atoms with E-state index >= 15 is 0 Å². The van der Waals surface area contributed by atoms with Gasteiger partial charge in [0, 0.05) is 22.2 Å². The van der Waals surface area contributed by atoms with E-state index in [9.17, 15) is 0 Å². The van der Waals surface area contributed by atoms with Crippen LogP contribution < -0.4 is 4.90 Å². The van der Waals surface area contributed by atoms with Gasteiger partial charge in [-0.2, -0.15) is 0 Å². The van der Waals surface area contributed by atoms with E-state index < -0.39 is 0 Å². The summed E-state index contributed by atoms with van der Waals surface area (Å²) >= 11 is 0. The quantitative estimate of drug-likeness (QED) is 0.174. The molecule has 6 aromatic carbocycles. The van der Waals surface area contributed by atoms with Crippen LogP contribution in [0.3, 0.4) is 0 Å². The molecule has 0 atom stereocenters. The van der Waals surface area contributed by atoms with Gasteiger partial charge in [0.05, 0.1) is 5.69 Å². The molecule has 16 rings (SSSR count). The van der Waals surface area contributed by atoms with Crippen molar-refractivity contribution in [2.75, 3.05) is 4.90 Å². The van der Waals surface area contributed by atoms with Crippen molar-refractivity contribution in [2.24, 2.45) is 47.3 Å². The van der Waals surface area contributed by atoms with Gasteiger partial charge in [-0.05, 0) is 198 Å². The molecule has 10 aliphatic carbocycles. The standard InChI is InChI=1S/C56H51N/c1-2-9-38(10-3-1)39-17-19-44(20-18-39)57(45-21-22-48-46-11-4-6-14-50(46)55(52(48)33-45)40-25-34-23-35(27-40)28-41(55)26-34)53-16-8-13-49-47-12-5-7-15-51(47)56(54(49)53)42-29-36-24-37(31-42)32-43(56)30-36/h1-22,33-37,40-43H,23-32H2. The first-order valence-electron chi connectivity index (χ1n) is 22.6. The number of hydrogen-bond acceptors (Lipinski definition) is 1. The number of rotatable bonds is 4. The van der Waals surface area contributed by atoms with Gasteiger partial charge in [0.1, 0.15) is 0 Å². The zero-order valence-corrected chi connectivity index (χ0v) is 32.9. The van der Waals surface area contributed by atoms with Crippen molar-refractivity contribution in [2.45, 2.75) is 75.0 Å². The van der Waals surface area contributed by atoms with E-state index in [0.717, 1.165) is 35.5 Å². The van der Waals surface area contributed by atoms with Crippen molar-refractivity contribution in [1.29, 1.82) is 0 Å². The molecule has 0 saturated heterocycles. The fourth-order valence-electron chi connectivity index (χ4n) is 16.5. The molecular formula is C56H51N. The Kier molecular flexibility index (Phi) is 6.43. The molecule has 8 bridgehead atoms. The summed E-state index contributed by atoms with van der Waals surface area (Å²) in [5, 5.41) is 0. The molecule has 8 fully saturated rings. The molecule has 0 amide bonds. The van der Waals surface area contributed by atoms with E-state index in [1.54, 1.807) is 22.3 Å². The lowest BCUT2D eigenvalue weighted by atomic mass is 9.43. The molecule has 57 heavy (non-hydrogen) atoms. The molecule has 0 aliphatic heterocycles. The fraction of sp³-hybridized carbons (Fsp3) is 0.357. The van der Waals surface area contributed by atoms with Crippen molar-refractivity contribution in [3.8, 4) is 33.4 Å². The maximum absolute atomic E-state index is 2.74. The Morgan fingerprint density at radius 2 is 0.825 bits per heavy atom. The van der Waals surface area contributed by atoms with Crippen molar-refractivity contribution < 1.29 is 0 Å². The Hall–Kier alpha value is -4.88. The van der Waals surface area contributed by atoms with Crippen LogP contribution in [0.1, 0.15) is 86.5 Å². The number of fused-ring (bicyclic) bond motifs is 6. The average molecular weight is 738 g/mol. The topological polar surface area (TPSA) is 3.24 Å². The maximum Gasteiger partial charge on any atom is 0.0509 e. The van der Waals surface area contributed by atoms with E-state index in [2.05, 4.69) is 144 Å². The van der Waals surface area contributed by atoms with Crippen molar-refractivity contribution in [3.63, 3.8) is 0 Å². The highest BCUT2D eigenvalue weighted by Gasteiger charge is 2.64. The monoisotopic (exact) mass is 737 g/mol. The van der Waals surface area contributed by atoms with E-state index in [0.29, 0.717) is 11.8 Å². The second kappa shape index (κ2) is 11.4. The number of benzene rings is 6. The molecule has 8 saturated carbocycles. The normalized spacial score (nSPS) is 33.8. The summed E-state index contributed by atoms with van der Waals surface area (Å²) in [7, 11) is 0. The highest BCUT2D eigenvalue weighted by Crippen LogP contribution is 2.72. The second-order valence-electron chi connectivity index (χ2n) is 20.1. The molecular weight excluding hydrogens is 687 g/mol. The van der Waals surface area contributed by atoms with Gasteiger partial charge in [-0.1, -0.05) is 109 Å². The minimum atomic E-state index is 0.0772. The maximum atomic E-state index is 2.74. The van der Waals surface area contributed by atoms with Gasteiger partial charge in [-0.15, -0.1) is 0 Å². The second-order valence-corrected chi connectivity index (χ2v) is 20.1. The highest BCUT2D eigenvalue weighted by molar-refractivity contribution is 5.93. The first kappa shape index (κ1) is 32.1. The van der Waals surface area contributed by atoms with Crippen LogP contribution in [0.25, 0.3) is 33.4 Å². The molecule has 1 nitrogen and oxygen atoms in total. The molecule has 280 valence electrons. The number of hydrogen-bond donors (Lipinski definition) is 0. The molecule has 0 unspecified atom stereocenters. The summed E-state index contributed by atoms with van der Waals surface area (Å²) in [5.41, 5.74) is 19.4. The van der Waals surface area contributed by atoms with Gasteiger partial charge in [0.25, 0.3) is 0 Å². The summed E-state index contributed by atoms with van der Waals surface area (Å²) < 4.78 is 0. The van der Waals surface area contributed by atoms with Gasteiger partial charge < -0.3 is 4.90 Å². The average Bonchev–Trinajstić information content (AvgIpc) is 3.71. The molecule has 2 spiro atoms. The van der Waals surface area contributed by atoms with Crippen LogP contribution in [0.5, 0.6) is 0 Å². The van der Waals surface area contributed by atoms with Crippen LogP contribution >= 0.6 is 0 Å². The van der Waals surface area contributed by atoms with E-state index in [1.807, 2.05) is 0 Å². The van der Waals surface area contributed by atoms with E-state index in [4.69, 9.17) is 0 Å². The first-order chi connectivity index (χ1) is 28.2. The third kappa shape index (κ3) is 4.07. The largest absolute Gasteiger partial charge is 0.310 e. The van der Waals surface area contributed by atoms with Crippen LogP contribution in [0.15, 0.2) is 140 Å². The van der Waals surface area contributed by atoms with Crippen LogP contribution in [0.2, 0.25) is 0 Å². The molecule has 1 heteroatoms. The Labute approximate surface area is 338 Å². The van der Waals surface area contributed by atoms with E-state index in [-0.39, 0.29) is 10.8 Å².